The van der Waals surface area contributed by atoms with Gasteiger partial charge in [-0.1, -0.05) is 104 Å². The molecule has 2 rings (SSSR count). The fourth-order valence-corrected chi connectivity index (χ4v) is 6.05. The SMILES string of the molecule is CCCCCCCCCCCCCCCC(=O)OCC1OC(OCCCC)C(OC2OC(C)C(OC(=O)CCC)C(O)C2O)C(O)C1O. The van der Waals surface area contributed by atoms with E-state index in [0.717, 1.165) is 25.7 Å². The van der Waals surface area contributed by atoms with Gasteiger partial charge in [0.15, 0.2) is 18.7 Å². The number of ether oxygens (including phenoxy) is 6. The van der Waals surface area contributed by atoms with Crippen molar-refractivity contribution in [3.8, 4) is 0 Å². The monoisotopic (exact) mass is 690 g/mol. The molecule has 0 saturated carbocycles. The number of carbonyl (C=O) groups is 2. The molecule has 10 atom stereocenters. The van der Waals surface area contributed by atoms with E-state index in [4.69, 9.17) is 28.4 Å². The zero-order valence-electron chi connectivity index (χ0n) is 30.0. The van der Waals surface area contributed by atoms with Crippen LogP contribution in [0.3, 0.4) is 0 Å². The average Bonchev–Trinajstić information content (AvgIpc) is 3.06. The summed E-state index contributed by atoms with van der Waals surface area (Å²) < 4.78 is 34.1. The molecule has 2 fully saturated rings. The Kier molecular flexibility index (Phi) is 22.0. The number of aliphatic hydroxyl groups is 4. The van der Waals surface area contributed by atoms with Crippen LogP contribution in [-0.4, -0.2) is 107 Å². The Labute approximate surface area is 288 Å². The summed E-state index contributed by atoms with van der Waals surface area (Å²) in [7, 11) is 0. The molecule has 2 saturated heterocycles. The van der Waals surface area contributed by atoms with Crippen molar-refractivity contribution in [2.75, 3.05) is 13.2 Å². The molecule has 10 unspecified atom stereocenters. The summed E-state index contributed by atoms with van der Waals surface area (Å²) in [6, 6.07) is 0. The van der Waals surface area contributed by atoms with Gasteiger partial charge in [0.2, 0.25) is 0 Å². The van der Waals surface area contributed by atoms with Gasteiger partial charge in [-0.15, -0.1) is 0 Å². The molecule has 2 aliphatic heterocycles. The molecule has 0 amide bonds. The fraction of sp³-hybridized carbons (Fsp3) is 0.944. The average molecular weight is 691 g/mol. The highest BCUT2D eigenvalue weighted by Crippen LogP contribution is 2.31. The maximum absolute atomic E-state index is 12.4. The Balaban J connectivity index is 1.79. The number of hydrogen-bond donors (Lipinski definition) is 4. The zero-order valence-corrected chi connectivity index (χ0v) is 30.0. The van der Waals surface area contributed by atoms with Gasteiger partial charge >= 0.3 is 11.9 Å². The quantitative estimate of drug-likeness (QED) is 0.0761. The van der Waals surface area contributed by atoms with E-state index in [2.05, 4.69) is 6.92 Å². The first-order valence-electron chi connectivity index (χ1n) is 18.8. The van der Waals surface area contributed by atoms with E-state index in [1.807, 2.05) is 13.8 Å². The van der Waals surface area contributed by atoms with Crippen LogP contribution in [0, 0.1) is 0 Å². The zero-order chi connectivity index (χ0) is 35.3. The van der Waals surface area contributed by atoms with E-state index in [1.165, 1.54) is 64.2 Å². The van der Waals surface area contributed by atoms with Crippen molar-refractivity contribution in [3.05, 3.63) is 0 Å². The van der Waals surface area contributed by atoms with Crippen LogP contribution in [0.5, 0.6) is 0 Å². The van der Waals surface area contributed by atoms with Crippen molar-refractivity contribution in [3.63, 3.8) is 0 Å². The summed E-state index contributed by atoms with van der Waals surface area (Å²) in [5.41, 5.74) is 0. The van der Waals surface area contributed by atoms with Gasteiger partial charge in [0.1, 0.15) is 43.2 Å². The molecule has 282 valence electrons. The lowest BCUT2D eigenvalue weighted by molar-refractivity contribution is -0.365. The van der Waals surface area contributed by atoms with E-state index in [9.17, 15) is 30.0 Å². The highest BCUT2D eigenvalue weighted by Gasteiger charge is 2.51. The molecule has 0 aromatic carbocycles. The number of esters is 2. The van der Waals surface area contributed by atoms with Crippen LogP contribution < -0.4 is 0 Å². The third-order valence-electron chi connectivity index (χ3n) is 9.11. The molecule has 0 radical (unpaired) electrons. The summed E-state index contributed by atoms with van der Waals surface area (Å²) in [5.74, 6) is -0.927. The smallest absolute Gasteiger partial charge is 0.306 e. The van der Waals surface area contributed by atoms with Gasteiger partial charge in [-0.3, -0.25) is 9.59 Å². The van der Waals surface area contributed by atoms with Gasteiger partial charge in [-0.2, -0.15) is 0 Å². The van der Waals surface area contributed by atoms with Crippen molar-refractivity contribution < 1.29 is 58.4 Å². The van der Waals surface area contributed by atoms with E-state index in [-0.39, 0.29) is 26.1 Å². The Bertz CT molecular complexity index is 859. The van der Waals surface area contributed by atoms with Gasteiger partial charge in [0.05, 0.1) is 6.10 Å². The van der Waals surface area contributed by atoms with Crippen LogP contribution in [0.2, 0.25) is 0 Å². The maximum atomic E-state index is 12.4. The number of rotatable bonds is 25. The molecule has 0 aliphatic carbocycles. The second kappa shape index (κ2) is 24.7. The molecule has 48 heavy (non-hydrogen) atoms. The molecule has 12 heteroatoms. The van der Waals surface area contributed by atoms with E-state index >= 15 is 0 Å². The number of aliphatic hydroxyl groups excluding tert-OH is 4. The number of hydrogen-bond acceptors (Lipinski definition) is 12. The van der Waals surface area contributed by atoms with Crippen molar-refractivity contribution >= 4 is 11.9 Å². The largest absolute Gasteiger partial charge is 0.463 e. The van der Waals surface area contributed by atoms with E-state index < -0.39 is 73.4 Å². The molecule has 2 heterocycles. The predicted molar refractivity (Wildman–Crippen MR) is 179 cm³/mol. The first kappa shape index (κ1) is 42.8. The lowest BCUT2D eigenvalue weighted by Crippen LogP contribution is -2.64. The summed E-state index contributed by atoms with van der Waals surface area (Å²) in [6.07, 6.45) is 5.01. The third-order valence-corrected chi connectivity index (χ3v) is 9.11. The summed E-state index contributed by atoms with van der Waals surface area (Å²) in [5, 5.41) is 43.4. The first-order valence-corrected chi connectivity index (χ1v) is 18.8. The standard InChI is InChI=1S/C36H66O12/c1-5-8-10-11-12-13-14-15-16-17-18-19-20-22-27(37)44-24-26-29(39)30(40)34(36(46-26)43-23-9-6-2)48-35-32(42)31(41)33(25(4)45-35)47-28(38)21-7-3/h25-26,29-36,39-42H,5-24H2,1-4H3. The molecule has 2 aliphatic rings. The molecular formula is C36H66O12. The van der Waals surface area contributed by atoms with E-state index in [0.29, 0.717) is 12.8 Å². The minimum atomic E-state index is -1.63. The van der Waals surface area contributed by atoms with Crippen LogP contribution in [0.25, 0.3) is 0 Å². The summed E-state index contributed by atoms with van der Waals surface area (Å²) in [6.45, 7) is 7.59. The number of carbonyl (C=O) groups excluding carboxylic acids is 2. The van der Waals surface area contributed by atoms with Crippen molar-refractivity contribution in [2.24, 2.45) is 0 Å². The molecule has 0 spiro atoms. The predicted octanol–water partition coefficient (Wildman–Crippen LogP) is 4.84. The minimum absolute atomic E-state index is 0.155. The Hall–Kier alpha value is -1.38. The molecule has 12 nitrogen and oxygen atoms in total. The fourth-order valence-electron chi connectivity index (χ4n) is 6.05. The highest BCUT2D eigenvalue weighted by atomic mass is 16.8. The molecule has 0 aromatic heterocycles. The molecule has 0 aromatic rings. The van der Waals surface area contributed by atoms with Gasteiger partial charge < -0.3 is 48.8 Å². The highest BCUT2D eigenvalue weighted by molar-refractivity contribution is 5.69. The maximum Gasteiger partial charge on any atom is 0.306 e. The topological polar surface area (TPSA) is 170 Å². The van der Waals surface area contributed by atoms with E-state index in [1.54, 1.807) is 6.92 Å². The van der Waals surface area contributed by atoms with Crippen LogP contribution >= 0.6 is 0 Å². The second-order valence-electron chi connectivity index (χ2n) is 13.4. The van der Waals surface area contributed by atoms with Gasteiger partial charge in [-0.25, -0.2) is 0 Å². The summed E-state index contributed by atoms with van der Waals surface area (Å²) >= 11 is 0. The third kappa shape index (κ3) is 15.2. The van der Waals surface area contributed by atoms with Crippen molar-refractivity contribution in [1.29, 1.82) is 0 Å². The molecule has 0 bridgehead atoms. The minimum Gasteiger partial charge on any atom is -0.463 e. The lowest BCUT2D eigenvalue weighted by atomic mass is 9.97. The first-order chi connectivity index (χ1) is 23.1. The van der Waals surface area contributed by atoms with Gasteiger partial charge in [0.25, 0.3) is 0 Å². The van der Waals surface area contributed by atoms with Crippen molar-refractivity contribution in [1.82, 2.24) is 0 Å². The number of unbranched alkanes of at least 4 members (excludes halogenated alkanes) is 13. The second-order valence-corrected chi connectivity index (χ2v) is 13.4. The van der Waals surface area contributed by atoms with Crippen LogP contribution in [0.15, 0.2) is 0 Å². The lowest BCUT2D eigenvalue weighted by Gasteiger charge is -2.46. The Morgan fingerprint density at radius 3 is 1.73 bits per heavy atom. The molecule has 4 N–H and O–H groups in total. The van der Waals surface area contributed by atoms with Crippen LogP contribution in [0.4, 0.5) is 0 Å². The van der Waals surface area contributed by atoms with Gasteiger partial charge in [-0.05, 0) is 26.2 Å². The Morgan fingerprint density at radius 2 is 1.15 bits per heavy atom. The molecular weight excluding hydrogens is 624 g/mol. The summed E-state index contributed by atoms with van der Waals surface area (Å²) in [4.78, 5) is 24.5. The van der Waals surface area contributed by atoms with Crippen LogP contribution in [-0.2, 0) is 38.0 Å². The van der Waals surface area contributed by atoms with Crippen LogP contribution in [0.1, 0.15) is 143 Å². The van der Waals surface area contributed by atoms with Crippen molar-refractivity contribution in [2.45, 2.75) is 205 Å². The van der Waals surface area contributed by atoms with Gasteiger partial charge in [0, 0.05) is 19.4 Å². The normalized spacial score (nSPS) is 30.7. The Morgan fingerprint density at radius 1 is 0.583 bits per heavy atom.